The van der Waals surface area contributed by atoms with E-state index in [9.17, 15) is 4.79 Å². The van der Waals surface area contributed by atoms with Crippen LogP contribution in [0, 0.1) is 29.6 Å². The van der Waals surface area contributed by atoms with Crippen molar-refractivity contribution in [3.63, 3.8) is 0 Å². The lowest BCUT2D eigenvalue weighted by atomic mass is 9.95. The summed E-state index contributed by atoms with van der Waals surface area (Å²) >= 11 is 0. The Labute approximate surface area is 135 Å². The number of fused-ring (bicyclic) bond motifs is 3. The molecule has 0 radical (unpaired) electrons. The Bertz CT molecular complexity index is 758. The third-order valence-corrected chi connectivity index (χ3v) is 3.70. The number of nitrogens with zero attached hydrogens (tertiary/aromatic N) is 1. The van der Waals surface area contributed by atoms with Gasteiger partial charge in [0.2, 0.25) is 0 Å². The van der Waals surface area contributed by atoms with Crippen molar-refractivity contribution in [3.05, 3.63) is 35.4 Å². The molecule has 2 aliphatic rings. The maximum atomic E-state index is 11.8. The molecule has 1 aliphatic carbocycles. The van der Waals surface area contributed by atoms with Crippen LogP contribution in [0.1, 0.15) is 37.3 Å². The van der Waals surface area contributed by atoms with Gasteiger partial charge in [0.15, 0.2) is 0 Å². The van der Waals surface area contributed by atoms with Crippen LogP contribution in [-0.2, 0) is 14.4 Å². The number of benzene rings is 1. The fourth-order valence-corrected chi connectivity index (χ4v) is 2.53. The van der Waals surface area contributed by atoms with Gasteiger partial charge in [0.1, 0.15) is 6.10 Å². The minimum absolute atomic E-state index is 0.0609. The molecule has 2 bridgehead atoms. The molecule has 0 amide bonds. The highest BCUT2D eigenvalue weighted by atomic mass is 16.6. The van der Waals surface area contributed by atoms with Crippen molar-refractivity contribution in [2.24, 2.45) is 11.1 Å². The summed E-state index contributed by atoms with van der Waals surface area (Å²) in [5.41, 5.74) is 2.57. The quantitative estimate of drug-likeness (QED) is 0.637. The predicted octanol–water partition coefficient (Wildman–Crippen LogP) is 2.51. The van der Waals surface area contributed by atoms with Gasteiger partial charge in [-0.2, -0.15) is 0 Å². The minimum Gasteiger partial charge on any atom is -0.466 e. The van der Waals surface area contributed by atoms with E-state index in [0.29, 0.717) is 19.4 Å². The van der Waals surface area contributed by atoms with E-state index in [1.807, 2.05) is 24.3 Å². The molecule has 0 aromatic heterocycles. The number of oxime groups is 1. The summed E-state index contributed by atoms with van der Waals surface area (Å²) in [4.78, 5) is 17.3. The van der Waals surface area contributed by atoms with Crippen LogP contribution in [0.3, 0.4) is 0 Å². The number of hydrogen-bond donors (Lipinski definition) is 0. The standard InChI is InChI=1S/C19H17NO3/c1-2-22-19(21)12-16-11-10-15-7-4-3-6-14(15)8-5-9-17-13-18(16)20-23-17/h3-4,6-7,16-17H,2,9,12-13H2,1H3/t16-,17+/m0/s1. The van der Waals surface area contributed by atoms with E-state index >= 15 is 0 Å². The number of ether oxygens (including phenoxy) is 1. The molecule has 4 heteroatoms. The normalized spacial score (nSPS) is 21.2. The zero-order chi connectivity index (χ0) is 16.1. The van der Waals surface area contributed by atoms with Gasteiger partial charge in [-0.15, -0.1) is 0 Å². The number of rotatable bonds is 3. The van der Waals surface area contributed by atoms with Crippen LogP contribution in [-0.4, -0.2) is 24.4 Å². The van der Waals surface area contributed by atoms with Crippen molar-refractivity contribution in [2.45, 2.75) is 32.3 Å². The van der Waals surface area contributed by atoms with Crippen molar-refractivity contribution in [2.75, 3.05) is 6.61 Å². The lowest BCUT2D eigenvalue weighted by Crippen LogP contribution is -2.19. The Morgan fingerprint density at radius 2 is 2.13 bits per heavy atom. The molecule has 1 aliphatic heterocycles. The van der Waals surface area contributed by atoms with E-state index in [2.05, 4.69) is 28.8 Å². The second-order valence-corrected chi connectivity index (χ2v) is 5.40. The molecule has 0 fully saturated rings. The number of esters is 1. The van der Waals surface area contributed by atoms with E-state index in [1.54, 1.807) is 6.92 Å². The van der Waals surface area contributed by atoms with Crippen LogP contribution in [0.25, 0.3) is 0 Å². The molecule has 2 atom stereocenters. The Kier molecular flexibility index (Phi) is 4.64. The summed E-state index contributed by atoms with van der Waals surface area (Å²) in [5.74, 6) is 12.0. The highest BCUT2D eigenvalue weighted by molar-refractivity contribution is 5.93. The molecule has 0 N–H and O–H groups in total. The van der Waals surface area contributed by atoms with Gasteiger partial charge in [-0.25, -0.2) is 0 Å². The Morgan fingerprint density at radius 3 is 2.91 bits per heavy atom. The van der Waals surface area contributed by atoms with E-state index in [1.165, 1.54) is 0 Å². The third-order valence-electron chi connectivity index (χ3n) is 3.70. The highest BCUT2D eigenvalue weighted by Gasteiger charge is 2.28. The maximum absolute atomic E-state index is 11.8. The van der Waals surface area contributed by atoms with E-state index in [4.69, 9.17) is 9.57 Å². The largest absolute Gasteiger partial charge is 0.466 e. The van der Waals surface area contributed by atoms with Gasteiger partial charge in [0, 0.05) is 24.0 Å². The van der Waals surface area contributed by atoms with Crippen molar-refractivity contribution in [1.29, 1.82) is 0 Å². The summed E-state index contributed by atoms with van der Waals surface area (Å²) in [6.07, 6.45) is 1.39. The summed E-state index contributed by atoms with van der Waals surface area (Å²) in [6, 6.07) is 7.76. The third kappa shape index (κ3) is 3.73. The zero-order valence-corrected chi connectivity index (χ0v) is 13.0. The molecule has 23 heavy (non-hydrogen) atoms. The molecule has 0 unspecified atom stereocenters. The Morgan fingerprint density at radius 1 is 1.35 bits per heavy atom. The molecule has 4 nitrogen and oxygen atoms in total. The summed E-state index contributed by atoms with van der Waals surface area (Å²) in [6.45, 7) is 2.15. The molecule has 1 heterocycles. The average molecular weight is 307 g/mol. The van der Waals surface area contributed by atoms with Crippen LogP contribution >= 0.6 is 0 Å². The van der Waals surface area contributed by atoms with E-state index in [0.717, 1.165) is 16.8 Å². The van der Waals surface area contributed by atoms with Crippen molar-refractivity contribution >= 4 is 11.7 Å². The molecule has 0 saturated carbocycles. The van der Waals surface area contributed by atoms with E-state index < -0.39 is 0 Å². The van der Waals surface area contributed by atoms with Crippen molar-refractivity contribution in [1.82, 2.24) is 0 Å². The molecule has 1 aromatic rings. The Balaban J connectivity index is 1.94. The molecular formula is C19H17NO3. The van der Waals surface area contributed by atoms with Crippen LogP contribution in [0.2, 0.25) is 0 Å². The maximum Gasteiger partial charge on any atom is 0.307 e. The first-order valence-corrected chi connectivity index (χ1v) is 7.74. The Hall–Kier alpha value is -2.72. The number of carbonyl (C=O) groups is 1. The van der Waals surface area contributed by atoms with Gasteiger partial charge in [-0.3, -0.25) is 4.79 Å². The van der Waals surface area contributed by atoms with Crippen LogP contribution in [0.15, 0.2) is 29.4 Å². The SMILES string of the molecule is CCOC(=O)C[C@@H]1C#Cc2ccccc2C#CC[C@@H]2CC1=NO2. The average Bonchev–Trinajstić information content (AvgIpc) is 3.00. The number of carbonyl (C=O) groups excluding carboxylic acids is 1. The first kappa shape index (κ1) is 15.2. The minimum atomic E-state index is -0.287. The summed E-state index contributed by atoms with van der Waals surface area (Å²) < 4.78 is 5.05. The monoisotopic (exact) mass is 307 g/mol. The van der Waals surface area contributed by atoms with Crippen LogP contribution in [0.5, 0.6) is 0 Å². The van der Waals surface area contributed by atoms with Crippen LogP contribution in [0.4, 0.5) is 0 Å². The number of hydrogen-bond acceptors (Lipinski definition) is 4. The predicted molar refractivity (Wildman–Crippen MR) is 86.5 cm³/mol. The molecule has 0 spiro atoms. The molecule has 0 saturated heterocycles. The van der Waals surface area contributed by atoms with Gasteiger partial charge in [0.05, 0.1) is 24.7 Å². The fourth-order valence-electron chi connectivity index (χ4n) is 2.53. The molecule has 3 rings (SSSR count). The molecule has 1 aromatic carbocycles. The summed E-state index contributed by atoms with van der Waals surface area (Å²) in [7, 11) is 0. The van der Waals surface area contributed by atoms with E-state index in [-0.39, 0.29) is 24.4 Å². The van der Waals surface area contributed by atoms with Gasteiger partial charge < -0.3 is 9.57 Å². The fraction of sp³-hybridized carbons (Fsp3) is 0.368. The smallest absolute Gasteiger partial charge is 0.307 e. The van der Waals surface area contributed by atoms with Crippen molar-refractivity contribution < 1.29 is 14.4 Å². The van der Waals surface area contributed by atoms with Gasteiger partial charge >= 0.3 is 5.97 Å². The van der Waals surface area contributed by atoms with Gasteiger partial charge in [0.25, 0.3) is 0 Å². The molecular weight excluding hydrogens is 290 g/mol. The van der Waals surface area contributed by atoms with Gasteiger partial charge in [-0.05, 0) is 19.1 Å². The van der Waals surface area contributed by atoms with Crippen molar-refractivity contribution in [3.8, 4) is 23.7 Å². The lowest BCUT2D eigenvalue weighted by molar-refractivity contribution is -0.143. The lowest BCUT2D eigenvalue weighted by Gasteiger charge is -2.09. The zero-order valence-electron chi connectivity index (χ0n) is 13.0. The molecule has 116 valence electrons. The second-order valence-electron chi connectivity index (χ2n) is 5.40. The first-order chi connectivity index (χ1) is 11.3. The summed E-state index contributed by atoms with van der Waals surface area (Å²) in [5, 5.41) is 4.12. The second kappa shape index (κ2) is 7.03. The highest BCUT2D eigenvalue weighted by Crippen LogP contribution is 2.22. The topological polar surface area (TPSA) is 47.9 Å². The van der Waals surface area contributed by atoms with Crippen LogP contribution < -0.4 is 0 Å². The first-order valence-electron chi connectivity index (χ1n) is 7.74. The van der Waals surface area contributed by atoms with Gasteiger partial charge in [-0.1, -0.05) is 41.0 Å².